The molecular formula is C28H22N2O4-. The molecule has 0 bridgehead atoms. The maximum Gasteiger partial charge on any atom is 0.272 e. The van der Waals surface area contributed by atoms with Gasteiger partial charge in [-0.2, -0.15) is 0 Å². The Morgan fingerprint density at radius 1 is 0.735 bits per heavy atom. The molecule has 0 aromatic heterocycles. The zero-order valence-electron chi connectivity index (χ0n) is 18.2. The molecule has 0 N–H and O–H groups in total. The van der Waals surface area contributed by atoms with Crippen molar-refractivity contribution in [2.24, 2.45) is 0 Å². The van der Waals surface area contributed by atoms with Crippen molar-refractivity contribution in [1.29, 1.82) is 0 Å². The van der Waals surface area contributed by atoms with E-state index in [1.54, 1.807) is 36.8 Å². The molecular weight excluding hydrogens is 428 g/mol. The number of nitro groups is 1. The van der Waals surface area contributed by atoms with Crippen LogP contribution in [0.4, 0.5) is 11.4 Å². The van der Waals surface area contributed by atoms with E-state index in [-0.39, 0.29) is 5.69 Å². The van der Waals surface area contributed by atoms with Gasteiger partial charge in [0.25, 0.3) is 5.69 Å². The Labute approximate surface area is 198 Å². The van der Waals surface area contributed by atoms with Crippen molar-refractivity contribution in [3.8, 4) is 0 Å². The fraction of sp³-hybridized carbons (Fsp3) is 0.0357. The molecule has 4 rings (SSSR count). The molecule has 0 amide bonds. The molecule has 0 aliphatic carbocycles. The number of nitrogens with zero attached hydrogens (tertiary/aromatic N) is 2. The van der Waals surface area contributed by atoms with Gasteiger partial charge in [0.15, 0.2) is 0 Å². The summed E-state index contributed by atoms with van der Waals surface area (Å²) in [5.41, 5.74) is 3.01. The summed E-state index contributed by atoms with van der Waals surface area (Å²) in [6, 6.07) is 32.3. The SMILES string of the molecule is O=[N+]([O-])c1ccccc1[CH]C(ON([O-])c1ccccc1/C=C/c1ccccc1)c1ccccc1. The van der Waals surface area contributed by atoms with Crippen LogP contribution in [-0.4, -0.2) is 4.92 Å². The first kappa shape index (κ1) is 22.9. The van der Waals surface area contributed by atoms with Crippen LogP contribution in [0.3, 0.4) is 0 Å². The summed E-state index contributed by atoms with van der Waals surface area (Å²) in [7, 11) is 0. The van der Waals surface area contributed by atoms with Crippen molar-refractivity contribution in [2.45, 2.75) is 6.10 Å². The van der Waals surface area contributed by atoms with E-state index >= 15 is 0 Å². The van der Waals surface area contributed by atoms with Crippen molar-refractivity contribution >= 4 is 23.5 Å². The molecule has 6 heteroatoms. The normalized spacial score (nSPS) is 11.9. The first-order valence-corrected chi connectivity index (χ1v) is 10.7. The van der Waals surface area contributed by atoms with Crippen LogP contribution < -0.4 is 5.23 Å². The molecule has 169 valence electrons. The van der Waals surface area contributed by atoms with E-state index in [0.29, 0.717) is 27.6 Å². The maximum atomic E-state index is 13.2. The third-order valence-corrected chi connectivity index (χ3v) is 5.19. The van der Waals surface area contributed by atoms with Gasteiger partial charge >= 0.3 is 0 Å². The van der Waals surface area contributed by atoms with Crippen molar-refractivity contribution in [1.82, 2.24) is 0 Å². The summed E-state index contributed by atoms with van der Waals surface area (Å²) in [4.78, 5) is 16.8. The summed E-state index contributed by atoms with van der Waals surface area (Å²) in [6.45, 7) is 0. The zero-order valence-corrected chi connectivity index (χ0v) is 18.2. The first-order valence-electron chi connectivity index (χ1n) is 10.7. The largest absolute Gasteiger partial charge is 0.733 e. The lowest BCUT2D eigenvalue weighted by molar-refractivity contribution is -0.385. The number of para-hydroxylation sites is 2. The smallest absolute Gasteiger partial charge is 0.272 e. The molecule has 34 heavy (non-hydrogen) atoms. The number of rotatable bonds is 9. The van der Waals surface area contributed by atoms with Crippen molar-refractivity contribution in [3.05, 3.63) is 153 Å². The lowest BCUT2D eigenvalue weighted by Gasteiger charge is -2.34. The number of hydrogen-bond acceptors (Lipinski definition) is 5. The molecule has 4 aromatic rings. The Bertz CT molecular complexity index is 1260. The monoisotopic (exact) mass is 450 g/mol. The second-order valence-electron chi connectivity index (χ2n) is 7.48. The van der Waals surface area contributed by atoms with Crippen LogP contribution in [0, 0.1) is 21.7 Å². The molecule has 1 radical (unpaired) electrons. The molecule has 0 fully saturated rings. The van der Waals surface area contributed by atoms with Crippen LogP contribution in [0.5, 0.6) is 0 Å². The van der Waals surface area contributed by atoms with Gasteiger partial charge in [-0.15, -0.1) is 0 Å². The Hall–Kier alpha value is -4.26. The molecule has 6 nitrogen and oxygen atoms in total. The van der Waals surface area contributed by atoms with Gasteiger partial charge in [-0.3, -0.25) is 15.0 Å². The van der Waals surface area contributed by atoms with Gasteiger partial charge in [0.1, 0.15) is 6.10 Å². The Morgan fingerprint density at radius 3 is 2.03 bits per heavy atom. The second kappa shape index (κ2) is 11.0. The average Bonchev–Trinajstić information content (AvgIpc) is 2.88. The summed E-state index contributed by atoms with van der Waals surface area (Å²) in [5, 5.41) is 25.1. The van der Waals surface area contributed by atoms with Gasteiger partial charge in [-0.25, -0.2) is 0 Å². The minimum absolute atomic E-state index is 0.0596. The topological polar surface area (TPSA) is 78.7 Å². The summed E-state index contributed by atoms with van der Waals surface area (Å²) < 4.78 is 0. The van der Waals surface area contributed by atoms with Gasteiger partial charge in [0.2, 0.25) is 0 Å². The van der Waals surface area contributed by atoms with Crippen LogP contribution in [-0.2, 0) is 4.84 Å². The van der Waals surface area contributed by atoms with Crippen LogP contribution in [0.1, 0.15) is 28.4 Å². The van der Waals surface area contributed by atoms with E-state index in [1.807, 2.05) is 84.9 Å². The molecule has 0 saturated heterocycles. The fourth-order valence-corrected chi connectivity index (χ4v) is 3.49. The fourth-order valence-electron chi connectivity index (χ4n) is 3.49. The van der Waals surface area contributed by atoms with E-state index in [1.165, 1.54) is 6.07 Å². The molecule has 0 heterocycles. The molecule has 0 aliphatic rings. The Morgan fingerprint density at radius 2 is 1.32 bits per heavy atom. The highest BCUT2D eigenvalue weighted by Crippen LogP contribution is 2.32. The predicted molar refractivity (Wildman–Crippen MR) is 134 cm³/mol. The zero-order chi connectivity index (χ0) is 23.8. The highest BCUT2D eigenvalue weighted by molar-refractivity contribution is 5.76. The lowest BCUT2D eigenvalue weighted by atomic mass is 10.0. The molecule has 0 saturated carbocycles. The standard InChI is InChI=1S/C28H22N2O4/c31-29(32)26-17-9-8-16-25(26)21-28(24-14-5-2-6-15-24)34-30(33)27-18-10-7-13-23(27)20-19-22-11-3-1-4-12-22/h1-21,28H/q-1/b20-19+. The molecule has 1 atom stereocenters. The van der Waals surface area contributed by atoms with Gasteiger partial charge < -0.3 is 10.4 Å². The van der Waals surface area contributed by atoms with E-state index in [9.17, 15) is 15.3 Å². The summed E-state index contributed by atoms with van der Waals surface area (Å²) >= 11 is 0. The summed E-state index contributed by atoms with van der Waals surface area (Å²) in [6.07, 6.45) is 4.51. The van der Waals surface area contributed by atoms with Crippen molar-refractivity contribution in [2.75, 3.05) is 5.23 Å². The van der Waals surface area contributed by atoms with Gasteiger partial charge in [-0.05, 0) is 22.8 Å². The van der Waals surface area contributed by atoms with Crippen LogP contribution >= 0.6 is 0 Å². The highest BCUT2D eigenvalue weighted by Gasteiger charge is 2.21. The Balaban J connectivity index is 1.62. The predicted octanol–water partition coefficient (Wildman–Crippen LogP) is 6.99. The molecule has 0 spiro atoms. The number of anilines is 1. The van der Waals surface area contributed by atoms with Crippen LogP contribution in [0.2, 0.25) is 0 Å². The maximum absolute atomic E-state index is 13.2. The highest BCUT2D eigenvalue weighted by atomic mass is 16.9. The Kier molecular flexibility index (Phi) is 7.45. The molecule has 4 aromatic carbocycles. The average molecular weight is 450 g/mol. The lowest BCUT2D eigenvalue weighted by Crippen LogP contribution is -2.21. The van der Waals surface area contributed by atoms with Crippen molar-refractivity contribution in [3.63, 3.8) is 0 Å². The second-order valence-corrected chi connectivity index (χ2v) is 7.48. The van der Waals surface area contributed by atoms with Gasteiger partial charge in [0.05, 0.1) is 10.6 Å². The quantitative estimate of drug-likeness (QED) is 0.156. The molecule has 0 aliphatic heterocycles. The van der Waals surface area contributed by atoms with Crippen molar-refractivity contribution < 1.29 is 9.76 Å². The van der Waals surface area contributed by atoms with E-state index in [0.717, 1.165) is 5.56 Å². The minimum Gasteiger partial charge on any atom is -0.733 e. The minimum atomic E-state index is -0.842. The first-order chi connectivity index (χ1) is 16.6. The molecule has 1 unspecified atom stereocenters. The van der Waals surface area contributed by atoms with E-state index in [2.05, 4.69) is 0 Å². The number of hydrogen-bond donors (Lipinski definition) is 0. The van der Waals surface area contributed by atoms with E-state index in [4.69, 9.17) is 4.84 Å². The van der Waals surface area contributed by atoms with Gasteiger partial charge in [-0.1, -0.05) is 109 Å². The third kappa shape index (κ3) is 5.75. The third-order valence-electron chi connectivity index (χ3n) is 5.19. The van der Waals surface area contributed by atoms with Crippen LogP contribution in [0.15, 0.2) is 109 Å². The van der Waals surface area contributed by atoms with Crippen LogP contribution in [0.25, 0.3) is 12.2 Å². The van der Waals surface area contributed by atoms with Gasteiger partial charge in [0, 0.05) is 18.1 Å². The van der Waals surface area contributed by atoms with E-state index < -0.39 is 11.0 Å². The number of nitro benzene ring substituents is 1. The number of benzene rings is 4. The summed E-state index contributed by atoms with van der Waals surface area (Å²) in [5.74, 6) is 0.